The van der Waals surface area contributed by atoms with Crippen molar-refractivity contribution in [2.24, 2.45) is 0 Å². The summed E-state index contributed by atoms with van der Waals surface area (Å²) in [6.07, 6.45) is 5.25. The van der Waals surface area contributed by atoms with Gasteiger partial charge < -0.3 is 5.32 Å². The van der Waals surface area contributed by atoms with Crippen molar-refractivity contribution < 1.29 is 4.39 Å². The van der Waals surface area contributed by atoms with Crippen LogP contribution in [0.2, 0.25) is 5.02 Å². The van der Waals surface area contributed by atoms with Gasteiger partial charge >= 0.3 is 0 Å². The minimum atomic E-state index is -0.345. The molecular weight excluding hydrogens is 225 g/mol. The summed E-state index contributed by atoms with van der Waals surface area (Å²) in [6.45, 7) is 2.06. The Morgan fingerprint density at radius 2 is 2.12 bits per heavy atom. The molecule has 1 aromatic carbocycles. The summed E-state index contributed by atoms with van der Waals surface area (Å²) < 4.78 is 13.2. The van der Waals surface area contributed by atoms with Gasteiger partial charge in [0.1, 0.15) is 5.82 Å². The van der Waals surface area contributed by atoms with Crippen molar-refractivity contribution in [2.75, 3.05) is 13.1 Å². The fourth-order valence-electron chi connectivity index (χ4n) is 1.94. The van der Waals surface area contributed by atoms with Gasteiger partial charge in [-0.05, 0) is 44.0 Å². The minimum absolute atomic E-state index is 0.229. The standard InChI is InChI=1S/C13H15ClFN/c14-13-11(4-1-5-12(13)15)9-10-3-2-7-16-8-6-10/h1,4-5,9,16H,2-3,6-8H2/b10-9-. The number of benzene rings is 1. The Kier molecular flexibility index (Phi) is 3.97. The molecule has 1 fully saturated rings. The van der Waals surface area contributed by atoms with Crippen molar-refractivity contribution in [1.82, 2.24) is 5.32 Å². The first kappa shape index (κ1) is 11.6. The van der Waals surface area contributed by atoms with Crippen LogP contribution in [0, 0.1) is 5.82 Å². The number of halogens is 2. The molecule has 1 heterocycles. The van der Waals surface area contributed by atoms with E-state index >= 15 is 0 Å². The highest BCUT2D eigenvalue weighted by atomic mass is 35.5. The van der Waals surface area contributed by atoms with Crippen LogP contribution in [0.5, 0.6) is 0 Å². The molecule has 16 heavy (non-hydrogen) atoms. The van der Waals surface area contributed by atoms with Crippen LogP contribution in [-0.2, 0) is 0 Å². The molecule has 86 valence electrons. The maximum absolute atomic E-state index is 13.2. The fourth-order valence-corrected chi connectivity index (χ4v) is 2.12. The van der Waals surface area contributed by atoms with Crippen LogP contribution in [-0.4, -0.2) is 13.1 Å². The first-order chi connectivity index (χ1) is 7.77. The lowest BCUT2D eigenvalue weighted by atomic mass is 10.0. The van der Waals surface area contributed by atoms with E-state index in [4.69, 9.17) is 11.6 Å². The second-order valence-corrected chi connectivity index (χ2v) is 4.43. The molecule has 1 N–H and O–H groups in total. The quantitative estimate of drug-likeness (QED) is 0.789. The maximum atomic E-state index is 13.2. The predicted octanol–water partition coefficient (Wildman–Crippen LogP) is 3.64. The number of hydrogen-bond donors (Lipinski definition) is 1. The maximum Gasteiger partial charge on any atom is 0.142 e. The molecule has 1 aliphatic heterocycles. The molecule has 1 aliphatic rings. The van der Waals surface area contributed by atoms with E-state index in [1.807, 2.05) is 12.1 Å². The molecule has 0 unspecified atom stereocenters. The molecule has 0 radical (unpaired) electrons. The Morgan fingerprint density at radius 1 is 1.25 bits per heavy atom. The second-order valence-electron chi connectivity index (χ2n) is 4.05. The molecule has 0 spiro atoms. The Balaban J connectivity index is 2.23. The predicted molar refractivity (Wildman–Crippen MR) is 66.1 cm³/mol. The van der Waals surface area contributed by atoms with E-state index in [0.717, 1.165) is 37.9 Å². The summed E-state index contributed by atoms with van der Waals surface area (Å²) in [4.78, 5) is 0. The van der Waals surface area contributed by atoms with Gasteiger partial charge in [0.15, 0.2) is 0 Å². The van der Waals surface area contributed by atoms with Crippen LogP contribution < -0.4 is 5.32 Å². The fraction of sp³-hybridized carbons (Fsp3) is 0.385. The average Bonchev–Trinajstić information content (AvgIpc) is 2.53. The first-order valence-electron chi connectivity index (χ1n) is 5.61. The molecule has 2 rings (SSSR count). The van der Waals surface area contributed by atoms with E-state index < -0.39 is 0 Å². The SMILES string of the molecule is Fc1cccc(/C=C2/CCCNCC2)c1Cl. The highest BCUT2D eigenvalue weighted by Crippen LogP contribution is 2.24. The molecule has 0 atom stereocenters. The van der Waals surface area contributed by atoms with E-state index in [1.165, 1.54) is 11.6 Å². The van der Waals surface area contributed by atoms with Gasteiger partial charge in [-0.15, -0.1) is 0 Å². The van der Waals surface area contributed by atoms with Crippen molar-refractivity contribution in [2.45, 2.75) is 19.3 Å². The topological polar surface area (TPSA) is 12.0 Å². The third-order valence-corrected chi connectivity index (χ3v) is 3.21. The molecule has 1 aromatic rings. The molecular formula is C13H15ClFN. The number of hydrogen-bond acceptors (Lipinski definition) is 1. The zero-order valence-electron chi connectivity index (χ0n) is 9.10. The van der Waals surface area contributed by atoms with E-state index in [9.17, 15) is 4.39 Å². The van der Waals surface area contributed by atoms with Crippen molar-refractivity contribution in [1.29, 1.82) is 0 Å². The molecule has 0 aromatic heterocycles. The van der Waals surface area contributed by atoms with E-state index in [-0.39, 0.29) is 10.8 Å². The van der Waals surface area contributed by atoms with Gasteiger partial charge in [0.05, 0.1) is 5.02 Å². The lowest BCUT2D eigenvalue weighted by molar-refractivity contribution is 0.628. The van der Waals surface area contributed by atoms with Crippen molar-refractivity contribution in [3.63, 3.8) is 0 Å². The largest absolute Gasteiger partial charge is 0.316 e. The van der Waals surface area contributed by atoms with Crippen molar-refractivity contribution in [3.05, 3.63) is 40.2 Å². The van der Waals surface area contributed by atoms with E-state index in [2.05, 4.69) is 5.32 Å². The average molecular weight is 240 g/mol. The highest BCUT2D eigenvalue weighted by Gasteiger charge is 2.07. The zero-order chi connectivity index (χ0) is 11.4. The zero-order valence-corrected chi connectivity index (χ0v) is 9.86. The summed E-state index contributed by atoms with van der Waals surface area (Å²) in [5.74, 6) is -0.345. The van der Waals surface area contributed by atoms with Crippen LogP contribution in [0.3, 0.4) is 0 Å². The number of rotatable bonds is 1. The summed E-state index contributed by atoms with van der Waals surface area (Å²) >= 11 is 5.92. The van der Waals surface area contributed by atoms with Crippen molar-refractivity contribution >= 4 is 17.7 Å². The summed E-state index contributed by atoms with van der Waals surface area (Å²) in [5, 5.41) is 3.57. The third-order valence-electron chi connectivity index (χ3n) is 2.82. The second kappa shape index (κ2) is 5.46. The van der Waals surface area contributed by atoms with Crippen LogP contribution in [0.15, 0.2) is 23.8 Å². The molecule has 1 nitrogen and oxygen atoms in total. The Labute approximate surface area is 100 Å². The van der Waals surface area contributed by atoms with Gasteiger partial charge in [0.25, 0.3) is 0 Å². The van der Waals surface area contributed by atoms with Crippen LogP contribution in [0.1, 0.15) is 24.8 Å². The van der Waals surface area contributed by atoms with Gasteiger partial charge in [-0.2, -0.15) is 0 Å². The van der Waals surface area contributed by atoms with Gasteiger partial charge in [-0.3, -0.25) is 0 Å². The van der Waals surface area contributed by atoms with Crippen molar-refractivity contribution in [3.8, 4) is 0 Å². The first-order valence-corrected chi connectivity index (χ1v) is 5.99. The van der Waals surface area contributed by atoms with Crippen LogP contribution in [0.25, 0.3) is 6.08 Å². The van der Waals surface area contributed by atoms with Gasteiger partial charge in [-0.25, -0.2) is 4.39 Å². The molecule has 0 amide bonds. The van der Waals surface area contributed by atoms with E-state index in [1.54, 1.807) is 6.07 Å². The Morgan fingerprint density at radius 3 is 3.00 bits per heavy atom. The smallest absolute Gasteiger partial charge is 0.142 e. The van der Waals surface area contributed by atoms with Gasteiger partial charge in [0.2, 0.25) is 0 Å². The summed E-state index contributed by atoms with van der Waals surface area (Å²) in [7, 11) is 0. The lowest BCUT2D eigenvalue weighted by Crippen LogP contribution is -2.13. The summed E-state index contributed by atoms with van der Waals surface area (Å²) in [6, 6.07) is 4.94. The Bertz CT molecular complexity index is 391. The third kappa shape index (κ3) is 2.83. The van der Waals surface area contributed by atoms with Gasteiger partial charge in [0, 0.05) is 0 Å². The van der Waals surface area contributed by atoms with Crippen LogP contribution in [0.4, 0.5) is 4.39 Å². The van der Waals surface area contributed by atoms with E-state index in [0.29, 0.717) is 0 Å². The molecule has 3 heteroatoms. The molecule has 1 saturated heterocycles. The molecule has 0 bridgehead atoms. The highest BCUT2D eigenvalue weighted by molar-refractivity contribution is 6.32. The summed E-state index contributed by atoms with van der Waals surface area (Å²) in [5.41, 5.74) is 2.14. The minimum Gasteiger partial charge on any atom is -0.316 e. The van der Waals surface area contributed by atoms with Gasteiger partial charge in [-0.1, -0.05) is 35.4 Å². The molecule has 0 aliphatic carbocycles. The Hall–Kier alpha value is -0.860. The molecule has 0 saturated carbocycles. The number of nitrogens with one attached hydrogen (secondary N) is 1. The monoisotopic (exact) mass is 239 g/mol. The van der Waals surface area contributed by atoms with Crippen LogP contribution >= 0.6 is 11.6 Å². The normalized spacial score (nSPS) is 19.8. The lowest BCUT2D eigenvalue weighted by Gasteiger charge is -2.04.